The van der Waals surface area contributed by atoms with Gasteiger partial charge in [-0.05, 0) is 27.7 Å². The minimum atomic E-state index is -1.19. The molecule has 1 heterocycles. The largest absolute Gasteiger partial charge is 0.461 e. The second kappa shape index (κ2) is 22.6. The Morgan fingerprint density at radius 2 is 1.08 bits per heavy atom. The molecule has 21 nitrogen and oxygen atoms in total. The van der Waals surface area contributed by atoms with Gasteiger partial charge in [-0.25, -0.2) is 56.9 Å². The van der Waals surface area contributed by atoms with Crippen LogP contribution in [0.3, 0.4) is 0 Å². The molecule has 0 aliphatic heterocycles. The van der Waals surface area contributed by atoms with Gasteiger partial charge in [0.15, 0.2) is 0 Å². The van der Waals surface area contributed by atoms with Gasteiger partial charge in [0.1, 0.15) is 38.6 Å². The van der Waals surface area contributed by atoms with Crippen molar-refractivity contribution in [3.63, 3.8) is 0 Å². The molecule has 1 aromatic rings. The zero-order chi connectivity index (χ0) is 40.2. The topological polar surface area (TPSA) is 251 Å². The summed E-state index contributed by atoms with van der Waals surface area (Å²) in [7, 11) is 1.38. The number of esters is 3. The van der Waals surface area contributed by atoms with E-state index >= 15 is 0 Å². The highest BCUT2D eigenvalue weighted by molar-refractivity contribution is 5.82. The van der Waals surface area contributed by atoms with E-state index in [1.807, 2.05) is 0 Å². The zero-order valence-electron chi connectivity index (χ0n) is 30.2. The number of carbonyl (C=O) groups is 6. The summed E-state index contributed by atoms with van der Waals surface area (Å²) in [5.74, 6) is -2.11. The van der Waals surface area contributed by atoms with Gasteiger partial charge in [0, 0.05) is 25.3 Å². The van der Waals surface area contributed by atoms with Crippen molar-refractivity contribution in [1.82, 2.24) is 29.2 Å². The molecular weight excluding hydrogens is 708 g/mol. The molecule has 4 atom stereocenters. The van der Waals surface area contributed by atoms with Crippen LogP contribution in [0.2, 0.25) is 0 Å². The van der Waals surface area contributed by atoms with Crippen LogP contribution in [-0.4, -0.2) is 120 Å². The fraction of sp³-hybridized carbons (Fsp3) is 0.531. The number of alkyl carbamates (subject to hydrolysis) is 2. The van der Waals surface area contributed by atoms with Crippen LogP contribution in [0.5, 0.6) is 0 Å². The number of ether oxygens (including phenoxy) is 6. The van der Waals surface area contributed by atoms with Crippen LogP contribution < -0.4 is 27.7 Å². The maximum atomic E-state index is 13.6. The summed E-state index contributed by atoms with van der Waals surface area (Å²) < 4.78 is 32.0. The van der Waals surface area contributed by atoms with E-state index in [9.17, 15) is 43.2 Å². The van der Waals surface area contributed by atoms with E-state index in [2.05, 4.69) is 30.4 Å². The Labute approximate surface area is 303 Å². The lowest BCUT2D eigenvalue weighted by molar-refractivity contribution is -0.144. The van der Waals surface area contributed by atoms with E-state index in [1.54, 1.807) is 13.8 Å². The van der Waals surface area contributed by atoms with E-state index in [0.717, 1.165) is 23.1 Å². The zero-order valence-corrected chi connectivity index (χ0v) is 30.2. The van der Waals surface area contributed by atoms with Crippen LogP contribution in [0, 0.1) is 0 Å². The van der Waals surface area contributed by atoms with E-state index in [1.165, 1.54) is 20.9 Å². The van der Waals surface area contributed by atoms with Crippen LogP contribution >= 0.6 is 0 Å². The third kappa shape index (κ3) is 14.5. The van der Waals surface area contributed by atoms with Crippen molar-refractivity contribution < 1.29 is 57.2 Å². The van der Waals surface area contributed by atoms with Crippen molar-refractivity contribution in [2.24, 2.45) is 0 Å². The summed E-state index contributed by atoms with van der Waals surface area (Å²) in [6.07, 6.45) is -1.92. The number of nitrogens with one attached hydrogen (secondary N) is 2. The Hall–Kier alpha value is -6.15. The van der Waals surface area contributed by atoms with E-state index in [-0.39, 0.29) is 26.3 Å². The molecule has 1 rings (SSSR count). The van der Waals surface area contributed by atoms with Crippen LogP contribution in [0.4, 0.5) is 14.4 Å². The average Bonchev–Trinajstić information content (AvgIpc) is 3.13. The molecule has 0 bridgehead atoms. The highest BCUT2D eigenvalue weighted by Gasteiger charge is 2.30. The van der Waals surface area contributed by atoms with Gasteiger partial charge < -0.3 is 44.0 Å². The normalized spacial score (nSPS) is 12.7. The highest BCUT2D eigenvalue weighted by Crippen LogP contribution is 2.14. The number of aromatic nitrogens is 3. The standard InChI is InChI=1S/C32H46N6O15/c1-9-24(39)48-16-12-33-27(42)50-18-14-36-29(44)37(15-19-51-28(43)34-13-17-49-25(40)10-2)31(46)38(30(36)45)21(5)23(7)53-32(47)35(8)20(4)22(6)52-26(41)11-3/h9-11,20-23H,1-3,12-19H2,4-8H3,(H,33,42)(H,34,43). The van der Waals surface area contributed by atoms with Gasteiger partial charge in [0.2, 0.25) is 0 Å². The quantitative estimate of drug-likeness (QED) is 0.0702. The molecular formula is C32H46N6O15. The molecule has 3 amide bonds. The first-order valence-electron chi connectivity index (χ1n) is 16.1. The summed E-state index contributed by atoms with van der Waals surface area (Å²) in [5.41, 5.74) is -3.40. The summed E-state index contributed by atoms with van der Waals surface area (Å²) in [6.45, 7) is 13.0. The molecule has 0 aromatic carbocycles. The second-order valence-electron chi connectivity index (χ2n) is 10.9. The maximum Gasteiger partial charge on any atom is 0.410 e. The van der Waals surface area contributed by atoms with Crippen LogP contribution in [-0.2, 0) is 55.9 Å². The predicted molar refractivity (Wildman–Crippen MR) is 184 cm³/mol. The lowest BCUT2D eigenvalue weighted by Gasteiger charge is -2.31. The maximum absolute atomic E-state index is 13.6. The first-order chi connectivity index (χ1) is 25.0. The molecule has 0 saturated heterocycles. The van der Waals surface area contributed by atoms with Gasteiger partial charge in [-0.2, -0.15) is 0 Å². The Bertz CT molecular complexity index is 1600. The van der Waals surface area contributed by atoms with Crippen molar-refractivity contribution in [2.75, 3.05) is 46.6 Å². The van der Waals surface area contributed by atoms with Crippen LogP contribution in [0.15, 0.2) is 52.3 Å². The predicted octanol–water partition coefficient (Wildman–Crippen LogP) is -0.393. The molecule has 21 heteroatoms. The van der Waals surface area contributed by atoms with Gasteiger partial charge in [-0.1, -0.05) is 19.7 Å². The number of nitrogens with zero attached hydrogens (tertiary/aromatic N) is 4. The highest BCUT2D eigenvalue weighted by atomic mass is 16.6. The van der Waals surface area contributed by atoms with E-state index in [0.29, 0.717) is 13.7 Å². The number of rotatable bonds is 21. The molecule has 2 N–H and O–H groups in total. The van der Waals surface area contributed by atoms with Crippen LogP contribution in [0.1, 0.15) is 33.7 Å². The monoisotopic (exact) mass is 754 g/mol. The lowest BCUT2D eigenvalue weighted by atomic mass is 10.2. The summed E-state index contributed by atoms with van der Waals surface area (Å²) in [5, 5.41) is 4.60. The average molecular weight is 755 g/mol. The third-order valence-electron chi connectivity index (χ3n) is 7.42. The SMILES string of the molecule is C=CC(=O)OCCNC(=O)OCCn1c(=O)n(CCOC(=O)NCCOC(=O)C=C)c(=O)n(C(C)C(C)OC(=O)N(C)C(C)C(C)OC(=O)C=C)c1=O. The van der Waals surface area contributed by atoms with E-state index in [4.69, 9.17) is 28.4 Å². The first kappa shape index (κ1) is 44.9. The van der Waals surface area contributed by atoms with Gasteiger partial charge in [0.05, 0.1) is 38.3 Å². The number of amides is 3. The molecule has 0 aliphatic rings. The smallest absolute Gasteiger partial charge is 0.410 e. The van der Waals surface area contributed by atoms with E-state index < -0.39 is 104 Å². The number of hydrogen-bond acceptors (Lipinski definition) is 15. The minimum Gasteiger partial charge on any atom is -0.461 e. The van der Waals surface area contributed by atoms with Gasteiger partial charge in [0.25, 0.3) is 0 Å². The second-order valence-corrected chi connectivity index (χ2v) is 10.9. The van der Waals surface area contributed by atoms with Crippen molar-refractivity contribution in [1.29, 1.82) is 0 Å². The van der Waals surface area contributed by atoms with Crippen molar-refractivity contribution in [3.8, 4) is 0 Å². The molecule has 53 heavy (non-hydrogen) atoms. The Balaban J connectivity index is 3.24. The number of likely N-dealkylation sites (N-methyl/N-ethyl adjacent to an activating group) is 1. The Morgan fingerprint density at radius 1 is 0.642 bits per heavy atom. The third-order valence-corrected chi connectivity index (χ3v) is 7.42. The van der Waals surface area contributed by atoms with Gasteiger partial charge >= 0.3 is 53.3 Å². The number of carbonyl (C=O) groups excluding carboxylic acids is 6. The summed E-state index contributed by atoms with van der Waals surface area (Å²) >= 11 is 0. The summed E-state index contributed by atoms with van der Waals surface area (Å²) in [4.78, 5) is 113. The molecule has 0 aliphatic carbocycles. The number of hydrogen-bond donors (Lipinski definition) is 2. The molecule has 294 valence electrons. The fourth-order valence-corrected chi connectivity index (χ4v) is 4.03. The van der Waals surface area contributed by atoms with Gasteiger partial charge in [-0.15, -0.1) is 0 Å². The van der Waals surface area contributed by atoms with Gasteiger partial charge in [-0.3, -0.25) is 0 Å². The molecule has 0 saturated carbocycles. The van der Waals surface area contributed by atoms with Crippen molar-refractivity contribution >= 4 is 36.2 Å². The van der Waals surface area contributed by atoms with Crippen LogP contribution in [0.25, 0.3) is 0 Å². The minimum absolute atomic E-state index is 0.120. The molecule has 0 fully saturated rings. The molecule has 4 unspecified atom stereocenters. The molecule has 1 aromatic heterocycles. The first-order valence-corrected chi connectivity index (χ1v) is 16.1. The Morgan fingerprint density at radius 3 is 1.49 bits per heavy atom. The molecule has 0 spiro atoms. The molecule has 0 radical (unpaired) electrons. The fourth-order valence-electron chi connectivity index (χ4n) is 4.03. The lowest BCUT2D eigenvalue weighted by Crippen LogP contribution is -2.57. The Kier molecular flexibility index (Phi) is 19.2. The summed E-state index contributed by atoms with van der Waals surface area (Å²) in [6, 6.07) is -1.86. The van der Waals surface area contributed by atoms with Crippen molar-refractivity contribution in [3.05, 3.63) is 69.4 Å². The van der Waals surface area contributed by atoms with Crippen molar-refractivity contribution in [2.45, 2.75) is 65.1 Å².